The van der Waals surface area contributed by atoms with Crippen LogP contribution in [0.4, 0.5) is 4.39 Å². The normalized spacial score (nSPS) is 12.1. The molecule has 1 unspecified atom stereocenters. The predicted octanol–water partition coefficient (Wildman–Crippen LogP) is 3.71. The van der Waals surface area contributed by atoms with Crippen molar-refractivity contribution in [2.24, 2.45) is 4.99 Å². The van der Waals surface area contributed by atoms with Gasteiger partial charge in [0, 0.05) is 25.5 Å². The first-order valence-electron chi connectivity index (χ1n) is 8.89. The molecular weight excluding hydrogens is 458 g/mol. The van der Waals surface area contributed by atoms with Gasteiger partial charge in [-0.15, -0.1) is 24.0 Å². The summed E-state index contributed by atoms with van der Waals surface area (Å²) in [5, 5.41) is 6.50. The molecule has 27 heavy (non-hydrogen) atoms. The SMILES string of the molecule is CCC(CNC(=NC)NCCc1ccc(C)nc1)Oc1ccccc1F.I. The molecule has 2 N–H and O–H groups in total. The fourth-order valence-corrected chi connectivity index (χ4v) is 2.39. The van der Waals surface area contributed by atoms with Gasteiger partial charge in [-0.3, -0.25) is 9.98 Å². The molecule has 1 heterocycles. The molecule has 0 saturated heterocycles. The Hall–Kier alpha value is -1.90. The lowest BCUT2D eigenvalue weighted by molar-refractivity contribution is 0.191. The van der Waals surface area contributed by atoms with Crippen molar-refractivity contribution in [3.63, 3.8) is 0 Å². The number of ether oxygens (including phenoxy) is 1. The second-order valence-electron chi connectivity index (χ2n) is 6.02. The number of rotatable bonds is 8. The molecule has 0 saturated carbocycles. The third-order valence-corrected chi connectivity index (χ3v) is 3.99. The predicted molar refractivity (Wildman–Crippen MR) is 119 cm³/mol. The van der Waals surface area contributed by atoms with Crippen LogP contribution in [0.15, 0.2) is 47.6 Å². The van der Waals surface area contributed by atoms with E-state index in [-0.39, 0.29) is 41.6 Å². The lowest BCUT2D eigenvalue weighted by Crippen LogP contribution is -2.43. The fourth-order valence-electron chi connectivity index (χ4n) is 2.39. The Balaban J connectivity index is 0.00000364. The molecule has 2 rings (SSSR count). The zero-order chi connectivity index (χ0) is 18.8. The van der Waals surface area contributed by atoms with Crippen LogP contribution in [0.1, 0.15) is 24.6 Å². The Morgan fingerprint density at radius 3 is 2.63 bits per heavy atom. The number of nitrogens with one attached hydrogen (secondary N) is 2. The average Bonchev–Trinajstić information content (AvgIpc) is 2.66. The lowest BCUT2D eigenvalue weighted by atomic mass is 10.2. The van der Waals surface area contributed by atoms with Crippen molar-refractivity contribution in [2.45, 2.75) is 32.8 Å². The first kappa shape index (κ1) is 23.1. The number of aromatic nitrogens is 1. The topological polar surface area (TPSA) is 58.5 Å². The second-order valence-corrected chi connectivity index (χ2v) is 6.02. The van der Waals surface area contributed by atoms with Gasteiger partial charge in [0.2, 0.25) is 0 Å². The highest BCUT2D eigenvalue weighted by atomic mass is 127. The molecule has 0 fully saturated rings. The van der Waals surface area contributed by atoms with Crippen LogP contribution < -0.4 is 15.4 Å². The highest BCUT2D eigenvalue weighted by molar-refractivity contribution is 14.0. The lowest BCUT2D eigenvalue weighted by Gasteiger charge is -2.20. The summed E-state index contributed by atoms with van der Waals surface area (Å²) in [7, 11) is 1.72. The standard InChI is InChI=1S/C20H27FN4O.HI/c1-4-17(26-19-8-6-5-7-18(19)21)14-25-20(22-3)23-12-11-16-10-9-15(2)24-13-16;/h5-10,13,17H,4,11-12,14H2,1-3H3,(H2,22,23,25);1H. The second kappa shape index (κ2) is 12.5. The third-order valence-electron chi connectivity index (χ3n) is 3.99. The van der Waals surface area contributed by atoms with Crippen LogP contribution in [-0.4, -0.2) is 37.2 Å². The van der Waals surface area contributed by atoms with E-state index in [2.05, 4.69) is 26.7 Å². The summed E-state index contributed by atoms with van der Waals surface area (Å²) in [4.78, 5) is 8.51. The van der Waals surface area contributed by atoms with Crippen molar-refractivity contribution < 1.29 is 9.13 Å². The van der Waals surface area contributed by atoms with Crippen LogP contribution in [0.2, 0.25) is 0 Å². The van der Waals surface area contributed by atoms with Crippen LogP contribution in [0.5, 0.6) is 5.75 Å². The fraction of sp³-hybridized carbons (Fsp3) is 0.400. The van der Waals surface area contributed by atoms with Gasteiger partial charge in [-0.2, -0.15) is 0 Å². The highest BCUT2D eigenvalue weighted by Gasteiger charge is 2.11. The highest BCUT2D eigenvalue weighted by Crippen LogP contribution is 2.17. The van der Waals surface area contributed by atoms with Gasteiger partial charge in [0.15, 0.2) is 17.5 Å². The van der Waals surface area contributed by atoms with Gasteiger partial charge < -0.3 is 15.4 Å². The number of nitrogens with zero attached hydrogens (tertiary/aromatic N) is 2. The molecule has 0 aliphatic heterocycles. The largest absolute Gasteiger partial charge is 0.486 e. The molecule has 7 heteroatoms. The van der Waals surface area contributed by atoms with Crippen molar-refractivity contribution in [1.29, 1.82) is 0 Å². The number of hydrogen-bond acceptors (Lipinski definition) is 3. The number of guanidine groups is 1. The maximum atomic E-state index is 13.7. The van der Waals surface area contributed by atoms with Gasteiger partial charge >= 0.3 is 0 Å². The molecule has 0 amide bonds. The molecule has 0 aliphatic rings. The number of hydrogen-bond donors (Lipinski definition) is 2. The van der Waals surface area contributed by atoms with Crippen LogP contribution in [-0.2, 0) is 6.42 Å². The Morgan fingerprint density at radius 2 is 2.00 bits per heavy atom. The van der Waals surface area contributed by atoms with Gasteiger partial charge in [-0.1, -0.05) is 25.1 Å². The summed E-state index contributed by atoms with van der Waals surface area (Å²) in [6.45, 7) is 5.26. The van der Waals surface area contributed by atoms with Crippen LogP contribution in [0.3, 0.4) is 0 Å². The number of pyridine rings is 1. The van der Waals surface area contributed by atoms with Crippen molar-refractivity contribution in [1.82, 2.24) is 15.6 Å². The zero-order valence-corrected chi connectivity index (χ0v) is 18.4. The Kier molecular flexibility index (Phi) is 10.7. The number of aliphatic imine (C=N–C) groups is 1. The van der Waals surface area contributed by atoms with E-state index in [1.807, 2.05) is 26.1 Å². The van der Waals surface area contributed by atoms with E-state index in [9.17, 15) is 4.39 Å². The van der Waals surface area contributed by atoms with Gasteiger partial charge in [0.25, 0.3) is 0 Å². The smallest absolute Gasteiger partial charge is 0.191 e. The van der Waals surface area contributed by atoms with E-state index in [0.717, 1.165) is 25.1 Å². The molecule has 5 nitrogen and oxygen atoms in total. The zero-order valence-electron chi connectivity index (χ0n) is 16.0. The first-order chi connectivity index (χ1) is 12.6. The molecule has 1 aromatic carbocycles. The minimum Gasteiger partial charge on any atom is -0.486 e. The van der Waals surface area contributed by atoms with E-state index in [4.69, 9.17) is 4.74 Å². The summed E-state index contributed by atoms with van der Waals surface area (Å²) in [6.07, 6.45) is 3.36. The van der Waals surface area contributed by atoms with Gasteiger partial charge in [0.05, 0.1) is 6.54 Å². The van der Waals surface area contributed by atoms with Crippen LogP contribution in [0.25, 0.3) is 0 Å². The Morgan fingerprint density at radius 1 is 1.22 bits per heavy atom. The van der Waals surface area contributed by atoms with E-state index in [1.54, 1.807) is 25.2 Å². The van der Waals surface area contributed by atoms with Crippen LogP contribution in [0, 0.1) is 12.7 Å². The third kappa shape index (κ3) is 8.11. The summed E-state index contributed by atoms with van der Waals surface area (Å²) in [6, 6.07) is 10.5. The monoisotopic (exact) mass is 486 g/mol. The summed E-state index contributed by atoms with van der Waals surface area (Å²) in [5.74, 6) is 0.622. The van der Waals surface area contributed by atoms with Crippen LogP contribution >= 0.6 is 24.0 Å². The van der Waals surface area contributed by atoms with Crippen molar-refractivity contribution >= 4 is 29.9 Å². The molecule has 148 valence electrons. The van der Waals surface area contributed by atoms with E-state index in [0.29, 0.717) is 12.5 Å². The molecule has 0 aliphatic carbocycles. The van der Waals surface area contributed by atoms with Gasteiger partial charge in [-0.05, 0) is 43.5 Å². The average molecular weight is 486 g/mol. The van der Waals surface area contributed by atoms with Crippen molar-refractivity contribution in [3.8, 4) is 5.75 Å². The molecule has 2 aromatic rings. The van der Waals surface area contributed by atoms with E-state index in [1.165, 1.54) is 11.6 Å². The minimum atomic E-state index is -0.347. The number of benzene rings is 1. The molecule has 1 aromatic heterocycles. The number of aryl methyl sites for hydroxylation is 1. The minimum absolute atomic E-state index is 0. The Labute approximate surface area is 177 Å². The van der Waals surface area contributed by atoms with Crippen molar-refractivity contribution in [2.75, 3.05) is 20.1 Å². The molecule has 1 atom stereocenters. The maximum Gasteiger partial charge on any atom is 0.191 e. The first-order valence-corrected chi connectivity index (χ1v) is 8.89. The van der Waals surface area contributed by atoms with Gasteiger partial charge in [0.1, 0.15) is 6.10 Å². The summed E-state index contributed by atoms with van der Waals surface area (Å²) in [5.41, 5.74) is 2.19. The molecule has 0 bridgehead atoms. The molecular formula is C20H28FIN4O. The van der Waals surface area contributed by atoms with E-state index >= 15 is 0 Å². The number of halogens is 2. The Bertz CT molecular complexity index is 709. The van der Waals surface area contributed by atoms with Crippen molar-refractivity contribution in [3.05, 3.63) is 59.7 Å². The van der Waals surface area contributed by atoms with E-state index < -0.39 is 0 Å². The quantitative estimate of drug-likeness (QED) is 0.340. The summed E-state index contributed by atoms with van der Waals surface area (Å²) >= 11 is 0. The maximum absolute atomic E-state index is 13.7. The number of para-hydroxylation sites is 1. The summed E-state index contributed by atoms with van der Waals surface area (Å²) < 4.78 is 19.5. The molecule has 0 radical (unpaired) electrons. The molecule has 0 spiro atoms. The van der Waals surface area contributed by atoms with Gasteiger partial charge in [-0.25, -0.2) is 4.39 Å².